The number of aromatic nitrogens is 3. The smallest absolute Gasteiger partial charge is 0.416 e. The number of hydrogen-bond donors (Lipinski definition) is 1. The summed E-state index contributed by atoms with van der Waals surface area (Å²) < 4.78 is 70.8. The minimum Gasteiger partial charge on any atom is -0.492 e. The van der Waals surface area contributed by atoms with Gasteiger partial charge in [-0.15, -0.1) is 10.2 Å². The van der Waals surface area contributed by atoms with E-state index in [2.05, 4.69) is 15.2 Å². The largest absolute Gasteiger partial charge is 0.492 e. The van der Waals surface area contributed by atoms with Crippen LogP contribution in [0.1, 0.15) is 33.3 Å². The van der Waals surface area contributed by atoms with Crippen LogP contribution in [-0.2, 0) is 16.2 Å². The van der Waals surface area contributed by atoms with Gasteiger partial charge in [0, 0.05) is 43.5 Å². The molecule has 0 saturated carbocycles. The van der Waals surface area contributed by atoms with E-state index in [0.29, 0.717) is 36.8 Å². The highest BCUT2D eigenvalue weighted by molar-refractivity contribution is 7.89. The Morgan fingerprint density at radius 2 is 1.73 bits per heavy atom. The second-order valence-corrected chi connectivity index (χ2v) is 10.6. The number of rotatable bonds is 7. The predicted molar refractivity (Wildman–Crippen MR) is 138 cm³/mol. The van der Waals surface area contributed by atoms with Gasteiger partial charge in [0.2, 0.25) is 10.0 Å². The van der Waals surface area contributed by atoms with Crippen molar-refractivity contribution in [3.05, 3.63) is 65.6 Å². The van der Waals surface area contributed by atoms with E-state index in [4.69, 9.17) is 4.74 Å². The van der Waals surface area contributed by atoms with Crippen molar-refractivity contribution in [1.29, 1.82) is 0 Å². The molecule has 2 aromatic heterocycles. The van der Waals surface area contributed by atoms with Crippen LogP contribution >= 0.6 is 0 Å². The average Bonchev–Trinajstić information content (AvgIpc) is 2.91. The zero-order valence-electron chi connectivity index (χ0n) is 21.5. The molecule has 0 bridgehead atoms. The van der Waals surface area contributed by atoms with E-state index in [9.17, 15) is 31.2 Å². The second-order valence-electron chi connectivity index (χ2n) is 8.90. The number of nitrogens with one attached hydrogen (secondary N) is 1. The molecule has 0 unspecified atom stereocenters. The Kier molecular flexibility index (Phi) is 8.23. The summed E-state index contributed by atoms with van der Waals surface area (Å²) in [5.41, 5.74) is -0.695. The van der Waals surface area contributed by atoms with Crippen molar-refractivity contribution in [2.45, 2.75) is 13.1 Å². The molecule has 40 heavy (non-hydrogen) atoms. The molecule has 0 radical (unpaired) electrons. The number of halogens is 3. The Morgan fingerprint density at radius 1 is 1.00 bits per heavy atom. The topological polar surface area (TPSA) is 135 Å². The van der Waals surface area contributed by atoms with E-state index in [1.165, 1.54) is 35.5 Å². The fourth-order valence-electron chi connectivity index (χ4n) is 4.06. The first-order valence-electron chi connectivity index (χ1n) is 12.0. The summed E-state index contributed by atoms with van der Waals surface area (Å²) in [6.07, 6.45) is -0.973. The Morgan fingerprint density at radius 3 is 2.33 bits per heavy atom. The summed E-state index contributed by atoms with van der Waals surface area (Å²) in [7, 11) is -3.76. The zero-order chi connectivity index (χ0) is 29.1. The average molecular weight is 579 g/mol. The van der Waals surface area contributed by atoms with Crippen LogP contribution < -0.4 is 14.4 Å². The van der Waals surface area contributed by atoms with E-state index < -0.39 is 33.6 Å². The van der Waals surface area contributed by atoms with Crippen LogP contribution in [0.25, 0.3) is 11.1 Å². The van der Waals surface area contributed by atoms with Gasteiger partial charge in [0.05, 0.1) is 24.6 Å². The number of benzene rings is 1. The van der Waals surface area contributed by atoms with E-state index >= 15 is 0 Å². The van der Waals surface area contributed by atoms with Crippen LogP contribution in [-0.4, -0.2) is 79.4 Å². The van der Waals surface area contributed by atoms with Crippen LogP contribution in [0.5, 0.6) is 5.75 Å². The summed E-state index contributed by atoms with van der Waals surface area (Å²) in [5, 5.41) is 7.72. The Labute approximate surface area is 228 Å². The fourth-order valence-corrected chi connectivity index (χ4v) is 4.50. The molecule has 1 N–H and O–H groups in total. The van der Waals surface area contributed by atoms with Gasteiger partial charge in [-0.3, -0.25) is 14.6 Å². The van der Waals surface area contributed by atoms with Crippen LogP contribution in [0, 0.1) is 0 Å². The molecule has 1 aliphatic rings. The highest BCUT2D eigenvalue weighted by Crippen LogP contribution is 2.34. The van der Waals surface area contributed by atoms with Gasteiger partial charge in [0.1, 0.15) is 5.75 Å². The van der Waals surface area contributed by atoms with Gasteiger partial charge in [0.25, 0.3) is 11.8 Å². The quantitative estimate of drug-likeness (QED) is 0.449. The normalized spacial score (nSPS) is 14.1. The van der Waals surface area contributed by atoms with E-state index in [0.717, 1.165) is 18.4 Å². The molecule has 0 spiro atoms. The molecule has 2 amide bonds. The van der Waals surface area contributed by atoms with Crippen molar-refractivity contribution >= 4 is 27.7 Å². The molecule has 11 nitrogen and oxygen atoms in total. The van der Waals surface area contributed by atoms with Crippen molar-refractivity contribution in [1.82, 2.24) is 24.8 Å². The Balaban J connectivity index is 1.49. The van der Waals surface area contributed by atoms with Gasteiger partial charge < -0.3 is 14.5 Å². The monoisotopic (exact) mass is 578 g/mol. The third-order valence-electron chi connectivity index (χ3n) is 5.92. The van der Waals surface area contributed by atoms with Gasteiger partial charge in [-0.25, -0.2) is 13.1 Å². The maximum absolute atomic E-state index is 13.7. The van der Waals surface area contributed by atoms with Gasteiger partial charge in [-0.05, 0) is 48.9 Å². The molecule has 212 valence electrons. The number of alkyl halides is 3. The summed E-state index contributed by atoms with van der Waals surface area (Å²) in [6, 6.07) is 7.59. The maximum atomic E-state index is 13.7. The van der Waals surface area contributed by atoms with Crippen LogP contribution in [0.2, 0.25) is 0 Å². The SMILES string of the molecule is CCOc1cncc(-c2cc(C(=O)N3CCN(c4ccc(C(=O)NS(C)(=O)=O)nn4)CC3)cc(C(F)(F)F)c2)c1. The van der Waals surface area contributed by atoms with Crippen molar-refractivity contribution in [3.63, 3.8) is 0 Å². The molecule has 1 aliphatic heterocycles. The third kappa shape index (κ3) is 7.02. The summed E-state index contributed by atoms with van der Waals surface area (Å²) in [6.45, 7) is 3.14. The molecule has 1 fully saturated rings. The molecule has 4 rings (SSSR count). The lowest BCUT2D eigenvalue weighted by atomic mass is 9.99. The molecule has 15 heteroatoms. The molecule has 3 aromatic rings. The van der Waals surface area contributed by atoms with Gasteiger partial charge in [-0.1, -0.05) is 0 Å². The Bertz CT molecular complexity index is 1510. The molecular weight excluding hydrogens is 553 g/mol. The van der Waals surface area contributed by atoms with E-state index in [-0.39, 0.29) is 29.9 Å². The van der Waals surface area contributed by atoms with Crippen LogP contribution in [0.4, 0.5) is 19.0 Å². The standard InChI is InChI=1S/C25H25F3N6O5S/c1-3-39-20-13-18(14-29-15-20)16-10-17(12-19(11-16)25(26,27)28)24(36)34-8-6-33(7-9-34)22-5-4-21(30-31-22)23(35)32-40(2,37)38/h4-5,10-15H,3,6-9H2,1-2H3,(H,32,35). The second kappa shape index (κ2) is 11.5. The lowest BCUT2D eigenvalue weighted by Crippen LogP contribution is -2.49. The lowest BCUT2D eigenvalue weighted by Gasteiger charge is -2.35. The number of pyridine rings is 1. The summed E-state index contributed by atoms with van der Waals surface area (Å²) >= 11 is 0. The number of carbonyl (C=O) groups is 2. The first kappa shape index (κ1) is 28.7. The van der Waals surface area contributed by atoms with E-state index in [1.54, 1.807) is 22.6 Å². The fraction of sp³-hybridized carbons (Fsp3) is 0.320. The number of sulfonamides is 1. The molecule has 0 atom stereocenters. The van der Waals surface area contributed by atoms with Crippen molar-refractivity contribution in [2.24, 2.45) is 0 Å². The number of nitrogens with zero attached hydrogens (tertiary/aromatic N) is 5. The molecular formula is C25H25F3N6O5S. The minimum atomic E-state index is -4.67. The zero-order valence-corrected chi connectivity index (χ0v) is 22.3. The molecule has 0 aliphatic carbocycles. The van der Waals surface area contributed by atoms with Gasteiger partial charge >= 0.3 is 6.18 Å². The predicted octanol–water partition coefficient (Wildman–Crippen LogP) is 2.61. The first-order chi connectivity index (χ1) is 18.8. The third-order valence-corrected chi connectivity index (χ3v) is 6.47. The Hall–Kier alpha value is -4.27. The van der Waals surface area contributed by atoms with Crippen LogP contribution in [0.15, 0.2) is 48.8 Å². The maximum Gasteiger partial charge on any atom is 0.416 e. The molecule has 1 saturated heterocycles. The highest BCUT2D eigenvalue weighted by atomic mass is 32.2. The first-order valence-corrected chi connectivity index (χ1v) is 13.9. The number of piperazine rings is 1. The van der Waals surface area contributed by atoms with Crippen molar-refractivity contribution in [2.75, 3.05) is 43.9 Å². The van der Waals surface area contributed by atoms with Crippen molar-refractivity contribution in [3.8, 4) is 16.9 Å². The highest BCUT2D eigenvalue weighted by Gasteiger charge is 2.33. The number of hydrogen-bond acceptors (Lipinski definition) is 9. The van der Waals surface area contributed by atoms with Gasteiger partial charge in [0.15, 0.2) is 11.5 Å². The van der Waals surface area contributed by atoms with Crippen molar-refractivity contribution < 1.29 is 35.9 Å². The number of anilines is 1. The van der Waals surface area contributed by atoms with E-state index in [1.807, 2.05) is 0 Å². The molecule has 3 heterocycles. The minimum absolute atomic E-state index is 0.110. The summed E-state index contributed by atoms with van der Waals surface area (Å²) in [4.78, 5) is 32.5. The number of amides is 2. The number of ether oxygens (including phenoxy) is 1. The number of carbonyl (C=O) groups excluding carboxylic acids is 2. The van der Waals surface area contributed by atoms with Gasteiger partial charge in [-0.2, -0.15) is 13.2 Å². The van der Waals surface area contributed by atoms with Crippen LogP contribution in [0.3, 0.4) is 0 Å². The lowest BCUT2D eigenvalue weighted by molar-refractivity contribution is -0.137. The summed E-state index contributed by atoms with van der Waals surface area (Å²) in [5.74, 6) is -0.683. The molecule has 1 aromatic carbocycles.